The van der Waals surface area contributed by atoms with E-state index in [4.69, 9.17) is 0 Å². The number of fused-ring (bicyclic) bond motifs is 2. The van der Waals surface area contributed by atoms with Crippen LogP contribution >= 0.6 is 22.6 Å². The van der Waals surface area contributed by atoms with Gasteiger partial charge in [-0.05, 0) is 34.7 Å². The zero-order valence-corrected chi connectivity index (χ0v) is 14.9. The number of nitrogens with zero attached hydrogens (tertiary/aromatic N) is 3. The lowest BCUT2D eigenvalue weighted by atomic mass is 10.1. The molecule has 25 heavy (non-hydrogen) atoms. The van der Waals surface area contributed by atoms with Gasteiger partial charge in [-0.2, -0.15) is 0 Å². The molecule has 0 aliphatic carbocycles. The maximum absolute atomic E-state index is 14.2. The molecule has 1 amide bonds. The zero-order valence-electron chi connectivity index (χ0n) is 12.7. The summed E-state index contributed by atoms with van der Waals surface area (Å²) in [5.74, 6) is -2.38. The Labute approximate surface area is 154 Å². The van der Waals surface area contributed by atoms with Crippen molar-refractivity contribution in [3.05, 3.63) is 50.4 Å². The summed E-state index contributed by atoms with van der Waals surface area (Å²) in [6, 6.07) is 1.46. The number of imidazole rings is 1. The lowest BCUT2D eigenvalue weighted by Gasteiger charge is -2.23. The largest absolute Gasteiger partial charge is 0.479 e. The topological polar surface area (TPSA) is 75.4 Å². The highest BCUT2D eigenvalue weighted by molar-refractivity contribution is 14.1. The van der Waals surface area contributed by atoms with Crippen LogP contribution in [0, 0.1) is 9.39 Å². The number of aliphatic carboxylic acids is 1. The maximum Gasteiger partial charge on any atom is 0.332 e. The van der Waals surface area contributed by atoms with E-state index < -0.39 is 29.9 Å². The predicted molar refractivity (Wildman–Crippen MR) is 90.2 cm³/mol. The molecule has 1 N–H and O–H groups in total. The van der Waals surface area contributed by atoms with Crippen molar-refractivity contribution in [2.45, 2.75) is 31.7 Å². The number of alkyl halides is 1. The molecule has 0 spiro atoms. The van der Waals surface area contributed by atoms with Crippen molar-refractivity contribution in [1.29, 1.82) is 0 Å². The highest BCUT2D eigenvalue weighted by Gasteiger charge is 2.42. The summed E-state index contributed by atoms with van der Waals surface area (Å²) in [5, 5.41) is 9.69. The van der Waals surface area contributed by atoms with E-state index in [9.17, 15) is 23.5 Å². The SMILES string of the molecule is O=C(O)C(c1ncn2c1C[C@@H](F)C2)N1Cc2c(F)cc(I)cc2C1=O. The minimum absolute atomic E-state index is 0.0559. The number of carboxylic acids is 1. The Hall–Kier alpha value is -2.04. The molecule has 0 saturated carbocycles. The molecule has 9 heteroatoms. The monoisotopic (exact) mass is 459 g/mol. The number of carboxylic acid groups (broad SMARTS) is 1. The second-order valence-electron chi connectivity index (χ2n) is 6.12. The molecule has 0 saturated heterocycles. The van der Waals surface area contributed by atoms with E-state index >= 15 is 0 Å². The Kier molecular flexibility index (Phi) is 3.78. The van der Waals surface area contributed by atoms with Gasteiger partial charge >= 0.3 is 5.97 Å². The molecule has 2 atom stereocenters. The fourth-order valence-electron chi connectivity index (χ4n) is 3.48. The molecule has 6 nitrogen and oxygen atoms in total. The molecule has 4 rings (SSSR count). The van der Waals surface area contributed by atoms with Gasteiger partial charge in [-0.3, -0.25) is 4.79 Å². The number of benzene rings is 1. The zero-order chi connectivity index (χ0) is 17.9. The summed E-state index contributed by atoms with van der Waals surface area (Å²) in [6.45, 7) is -0.0328. The average Bonchev–Trinajstić information content (AvgIpc) is 3.16. The Morgan fingerprint density at radius 1 is 1.44 bits per heavy atom. The summed E-state index contributed by atoms with van der Waals surface area (Å²) >= 11 is 1.90. The fraction of sp³-hybridized carbons (Fsp3) is 0.312. The number of carbonyl (C=O) groups is 2. The number of amides is 1. The van der Waals surface area contributed by atoms with Crippen LogP contribution in [0.4, 0.5) is 8.78 Å². The number of aromatic nitrogens is 2. The predicted octanol–water partition coefficient (Wildman–Crippen LogP) is 2.30. The molecule has 1 unspecified atom stereocenters. The number of hydrogen-bond acceptors (Lipinski definition) is 3. The van der Waals surface area contributed by atoms with Crippen molar-refractivity contribution in [1.82, 2.24) is 14.5 Å². The van der Waals surface area contributed by atoms with Gasteiger partial charge in [0.1, 0.15) is 12.0 Å². The van der Waals surface area contributed by atoms with Crippen LogP contribution in [-0.2, 0) is 24.3 Å². The van der Waals surface area contributed by atoms with Gasteiger partial charge in [0, 0.05) is 26.8 Å². The van der Waals surface area contributed by atoms with Gasteiger partial charge in [-0.1, -0.05) is 0 Å². The van der Waals surface area contributed by atoms with E-state index in [1.54, 1.807) is 4.57 Å². The van der Waals surface area contributed by atoms with Crippen LogP contribution in [0.3, 0.4) is 0 Å². The standard InChI is InChI=1S/C16H12F2IN3O3/c17-7-1-12-13(20-6-21(12)4-7)14(16(24)25)22-5-10-9(15(22)23)2-8(19)3-11(10)18/h2-3,6-7,14H,1,4-5H2,(H,24,25)/t7-,14?/m1/s1. The third kappa shape index (κ3) is 2.52. The van der Waals surface area contributed by atoms with Crippen LogP contribution in [0.5, 0.6) is 0 Å². The van der Waals surface area contributed by atoms with Crippen LogP contribution in [0.25, 0.3) is 0 Å². The normalized spacial score (nSPS) is 19.9. The van der Waals surface area contributed by atoms with Crippen LogP contribution in [-0.4, -0.2) is 37.6 Å². The maximum atomic E-state index is 14.2. The van der Waals surface area contributed by atoms with Crippen molar-refractivity contribution < 1.29 is 23.5 Å². The van der Waals surface area contributed by atoms with E-state index in [1.807, 2.05) is 22.6 Å². The minimum atomic E-state index is -1.38. The van der Waals surface area contributed by atoms with Gasteiger partial charge in [-0.15, -0.1) is 0 Å². The van der Waals surface area contributed by atoms with E-state index in [2.05, 4.69) is 4.98 Å². The van der Waals surface area contributed by atoms with Crippen molar-refractivity contribution in [2.24, 2.45) is 0 Å². The summed E-state index contributed by atoms with van der Waals surface area (Å²) in [5.41, 5.74) is 0.952. The Bertz CT molecular complexity index is 914. The Morgan fingerprint density at radius 3 is 2.92 bits per heavy atom. The molecule has 1 aromatic heterocycles. The highest BCUT2D eigenvalue weighted by atomic mass is 127. The molecule has 2 aliphatic heterocycles. The number of rotatable bonds is 3. The number of halogens is 3. The Balaban J connectivity index is 1.76. The van der Waals surface area contributed by atoms with Crippen molar-refractivity contribution in [2.75, 3.05) is 0 Å². The van der Waals surface area contributed by atoms with Crippen molar-refractivity contribution in [3.8, 4) is 0 Å². The molecule has 130 valence electrons. The van der Waals surface area contributed by atoms with Gasteiger partial charge in [0.15, 0.2) is 6.04 Å². The first-order chi connectivity index (χ1) is 11.9. The lowest BCUT2D eigenvalue weighted by Crippen LogP contribution is -2.35. The second kappa shape index (κ2) is 5.75. The Morgan fingerprint density at radius 2 is 2.20 bits per heavy atom. The van der Waals surface area contributed by atoms with E-state index in [0.717, 1.165) is 4.90 Å². The van der Waals surface area contributed by atoms with Gasteiger partial charge in [0.2, 0.25) is 0 Å². The molecular formula is C16H12F2IN3O3. The van der Waals surface area contributed by atoms with Crippen LogP contribution < -0.4 is 0 Å². The fourth-order valence-corrected chi connectivity index (χ4v) is 4.06. The van der Waals surface area contributed by atoms with Gasteiger partial charge in [0.25, 0.3) is 5.91 Å². The van der Waals surface area contributed by atoms with E-state index in [-0.39, 0.29) is 36.3 Å². The molecule has 2 aromatic rings. The van der Waals surface area contributed by atoms with Crippen molar-refractivity contribution >= 4 is 34.5 Å². The van der Waals surface area contributed by atoms with Crippen LogP contribution in [0.1, 0.15) is 33.4 Å². The summed E-state index contributed by atoms with van der Waals surface area (Å²) in [7, 11) is 0. The van der Waals surface area contributed by atoms with Gasteiger partial charge in [0.05, 0.1) is 25.1 Å². The van der Waals surface area contributed by atoms with E-state index in [1.165, 1.54) is 18.5 Å². The second-order valence-corrected chi connectivity index (χ2v) is 7.36. The summed E-state index contributed by atoms with van der Waals surface area (Å²) < 4.78 is 29.9. The average molecular weight is 459 g/mol. The lowest BCUT2D eigenvalue weighted by molar-refractivity contribution is -0.142. The smallest absolute Gasteiger partial charge is 0.332 e. The molecule has 0 radical (unpaired) electrons. The molecule has 2 aliphatic rings. The first-order valence-corrected chi connectivity index (χ1v) is 8.64. The summed E-state index contributed by atoms with van der Waals surface area (Å²) in [4.78, 5) is 29.8. The quantitative estimate of drug-likeness (QED) is 0.716. The third-order valence-electron chi connectivity index (χ3n) is 4.57. The van der Waals surface area contributed by atoms with E-state index in [0.29, 0.717) is 9.26 Å². The first-order valence-electron chi connectivity index (χ1n) is 7.56. The van der Waals surface area contributed by atoms with Gasteiger partial charge in [-0.25, -0.2) is 18.6 Å². The van der Waals surface area contributed by atoms with Crippen molar-refractivity contribution in [3.63, 3.8) is 0 Å². The molecule has 1 aromatic carbocycles. The molecular weight excluding hydrogens is 447 g/mol. The summed E-state index contributed by atoms with van der Waals surface area (Å²) in [6.07, 6.45) is 0.342. The first kappa shape index (κ1) is 16.4. The minimum Gasteiger partial charge on any atom is -0.479 e. The highest BCUT2D eigenvalue weighted by Crippen LogP contribution is 2.36. The number of carbonyl (C=O) groups excluding carboxylic acids is 1. The third-order valence-corrected chi connectivity index (χ3v) is 5.20. The van der Waals surface area contributed by atoms with Crippen LogP contribution in [0.2, 0.25) is 0 Å². The molecule has 0 fully saturated rings. The van der Waals surface area contributed by atoms with Crippen LogP contribution in [0.15, 0.2) is 18.5 Å². The number of hydrogen-bond donors (Lipinski definition) is 1. The van der Waals surface area contributed by atoms with Gasteiger partial charge < -0.3 is 14.6 Å². The molecule has 0 bridgehead atoms. The molecule has 3 heterocycles.